The average molecular weight is 359 g/mol. The minimum atomic E-state index is -0.798. The van der Waals surface area contributed by atoms with Crippen LogP contribution < -0.4 is 15.4 Å². The summed E-state index contributed by atoms with van der Waals surface area (Å²) in [5, 5.41) is 5.65. The van der Waals surface area contributed by atoms with E-state index in [1.165, 1.54) is 0 Å². The van der Waals surface area contributed by atoms with Gasteiger partial charge in [-0.2, -0.15) is 0 Å². The maximum atomic E-state index is 12.7. The van der Waals surface area contributed by atoms with Gasteiger partial charge >= 0.3 is 6.03 Å². The highest BCUT2D eigenvalue weighted by Crippen LogP contribution is 2.33. The third-order valence-corrected chi connectivity index (χ3v) is 5.23. The lowest BCUT2D eigenvalue weighted by molar-refractivity contribution is -0.136. The van der Waals surface area contributed by atoms with E-state index >= 15 is 0 Å². The molecule has 7 nitrogen and oxygen atoms in total. The van der Waals surface area contributed by atoms with Crippen LogP contribution in [-0.2, 0) is 9.59 Å². The molecule has 0 unspecified atom stereocenters. The van der Waals surface area contributed by atoms with Crippen LogP contribution >= 0.6 is 0 Å². The molecule has 2 fully saturated rings. The number of amides is 4. The normalized spacial score (nSPS) is 20.0. The maximum Gasteiger partial charge on any atom is 0.325 e. The van der Waals surface area contributed by atoms with E-state index < -0.39 is 11.6 Å². The molecule has 2 aliphatic rings. The Balaban J connectivity index is 1.62. The Morgan fingerprint density at radius 3 is 2.73 bits per heavy atom. The third kappa shape index (κ3) is 3.52. The van der Waals surface area contributed by atoms with Crippen molar-refractivity contribution in [2.75, 3.05) is 13.7 Å². The number of nitrogens with one attached hydrogen (secondary N) is 2. The molecule has 140 valence electrons. The number of hydrogen-bond donors (Lipinski definition) is 2. The molecular weight excluding hydrogens is 334 g/mol. The van der Waals surface area contributed by atoms with Crippen LogP contribution in [0.2, 0.25) is 0 Å². The molecule has 2 N–H and O–H groups in total. The summed E-state index contributed by atoms with van der Waals surface area (Å²) >= 11 is 0. The molecule has 0 aromatic heterocycles. The standard InChI is InChI=1S/C19H25N3O4/c1-13(14-7-6-8-15(11-14)26-2)20-16(23)12-22-17(24)19(21-18(22)25)9-4-3-5-10-19/h6-8,11,13H,3-5,9-10,12H2,1-2H3,(H,20,23)(H,21,25)/t13-/m0/s1. The zero-order chi connectivity index (χ0) is 18.7. The van der Waals surface area contributed by atoms with E-state index in [0.29, 0.717) is 18.6 Å². The Morgan fingerprint density at radius 1 is 1.31 bits per heavy atom. The van der Waals surface area contributed by atoms with Gasteiger partial charge in [0.2, 0.25) is 5.91 Å². The topological polar surface area (TPSA) is 87.7 Å². The van der Waals surface area contributed by atoms with E-state index in [2.05, 4.69) is 10.6 Å². The van der Waals surface area contributed by atoms with Gasteiger partial charge in [-0.05, 0) is 37.5 Å². The van der Waals surface area contributed by atoms with Crippen LogP contribution in [-0.4, -0.2) is 41.9 Å². The van der Waals surface area contributed by atoms with Gasteiger partial charge in [-0.3, -0.25) is 14.5 Å². The number of nitrogens with zero attached hydrogens (tertiary/aromatic N) is 1. The molecule has 0 bridgehead atoms. The van der Waals surface area contributed by atoms with E-state index in [-0.39, 0.29) is 24.4 Å². The van der Waals surface area contributed by atoms with E-state index in [1.54, 1.807) is 7.11 Å². The summed E-state index contributed by atoms with van der Waals surface area (Å²) in [6.45, 7) is 1.59. The van der Waals surface area contributed by atoms with Crippen molar-refractivity contribution in [2.45, 2.75) is 50.6 Å². The minimum Gasteiger partial charge on any atom is -0.497 e. The second kappa shape index (κ2) is 7.35. The quantitative estimate of drug-likeness (QED) is 0.789. The first-order chi connectivity index (χ1) is 12.4. The molecule has 1 heterocycles. The van der Waals surface area contributed by atoms with Crippen LogP contribution in [0.15, 0.2) is 24.3 Å². The number of imide groups is 1. The molecule has 4 amide bonds. The van der Waals surface area contributed by atoms with Crippen LogP contribution in [0.1, 0.15) is 50.6 Å². The molecule has 1 saturated carbocycles. The molecule has 1 aromatic carbocycles. The van der Waals surface area contributed by atoms with Crippen LogP contribution in [0.25, 0.3) is 0 Å². The summed E-state index contributed by atoms with van der Waals surface area (Å²) in [5.74, 6) is 0.0694. The molecule has 1 atom stereocenters. The zero-order valence-electron chi connectivity index (χ0n) is 15.2. The first-order valence-corrected chi connectivity index (χ1v) is 9.02. The molecule has 1 aliphatic carbocycles. The van der Waals surface area contributed by atoms with Gasteiger partial charge in [0.1, 0.15) is 17.8 Å². The SMILES string of the molecule is COc1cccc([C@H](C)NC(=O)CN2C(=O)NC3(CCCCC3)C2=O)c1. The van der Waals surface area contributed by atoms with Gasteiger partial charge in [0.05, 0.1) is 13.2 Å². The molecular formula is C19H25N3O4. The van der Waals surface area contributed by atoms with Crippen molar-refractivity contribution in [3.63, 3.8) is 0 Å². The van der Waals surface area contributed by atoms with Crippen molar-refractivity contribution in [2.24, 2.45) is 0 Å². The summed E-state index contributed by atoms with van der Waals surface area (Å²) in [6, 6.07) is 6.67. The van der Waals surface area contributed by atoms with Crippen molar-refractivity contribution in [1.29, 1.82) is 0 Å². The Morgan fingerprint density at radius 2 is 2.04 bits per heavy atom. The van der Waals surface area contributed by atoms with Gasteiger partial charge in [-0.25, -0.2) is 4.79 Å². The van der Waals surface area contributed by atoms with Crippen LogP contribution in [0.5, 0.6) is 5.75 Å². The number of rotatable bonds is 5. The first kappa shape index (κ1) is 18.2. The number of carbonyl (C=O) groups is 3. The lowest BCUT2D eigenvalue weighted by Gasteiger charge is -2.30. The fraction of sp³-hybridized carbons (Fsp3) is 0.526. The average Bonchev–Trinajstić information content (AvgIpc) is 2.86. The highest BCUT2D eigenvalue weighted by atomic mass is 16.5. The van der Waals surface area contributed by atoms with Gasteiger partial charge in [0, 0.05) is 0 Å². The van der Waals surface area contributed by atoms with Crippen LogP contribution in [0.4, 0.5) is 4.79 Å². The minimum absolute atomic E-state index is 0.262. The molecule has 1 saturated heterocycles. The van der Waals surface area contributed by atoms with E-state index in [9.17, 15) is 14.4 Å². The molecule has 0 radical (unpaired) electrons. The Hall–Kier alpha value is -2.57. The van der Waals surface area contributed by atoms with E-state index in [4.69, 9.17) is 4.74 Å². The number of methoxy groups -OCH3 is 1. The number of benzene rings is 1. The fourth-order valence-corrected chi connectivity index (χ4v) is 3.74. The van der Waals surface area contributed by atoms with E-state index in [1.807, 2.05) is 31.2 Å². The lowest BCUT2D eigenvalue weighted by Crippen LogP contribution is -2.49. The van der Waals surface area contributed by atoms with Crippen molar-refractivity contribution in [3.05, 3.63) is 29.8 Å². The van der Waals surface area contributed by atoms with Crippen LogP contribution in [0.3, 0.4) is 0 Å². The highest BCUT2D eigenvalue weighted by molar-refractivity contribution is 6.09. The largest absolute Gasteiger partial charge is 0.497 e. The fourth-order valence-electron chi connectivity index (χ4n) is 3.74. The monoisotopic (exact) mass is 359 g/mol. The number of ether oxygens (including phenoxy) is 1. The molecule has 1 aromatic rings. The van der Waals surface area contributed by atoms with Gasteiger partial charge in [0.25, 0.3) is 5.91 Å². The molecule has 1 spiro atoms. The molecule has 1 aliphatic heterocycles. The van der Waals surface area contributed by atoms with Gasteiger partial charge in [-0.15, -0.1) is 0 Å². The number of urea groups is 1. The van der Waals surface area contributed by atoms with Crippen molar-refractivity contribution in [1.82, 2.24) is 15.5 Å². The second-order valence-electron chi connectivity index (χ2n) is 7.03. The second-order valence-corrected chi connectivity index (χ2v) is 7.03. The van der Waals surface area contributed by atoms with Crippen molar-refractivity contribution < 1.29 is 19.1 Å². The summed E-state index contributed by atoms with van der Waals surface area (Å²) in [5.41, 5.74) is 0.0900. The summed E-state index contributed by atoms with van der Waals surface area (Å²) in [4.78, 5) is 38.4. The number of hydrogen-bond acceptors (Lipinski definition) is 4. The van der Waals surface area contributed by atoms with Crippen LogP contribution in [0, 0.1) is 0 Å². The Bertz CT molecular complexity index is 712. The first-order valence-electron chi connectivity index (χ1n) is 9.02. The van der Waals surface area contributed by atoms with Gasteiger partial charge < -0.3 is 15.4 Å². The van der Waals surface area contributed by atoms with Gasteiger partial charge in [0.15, 0.2) is 0 Å². The maximum absolute atomic E-state index is 12.7. The zero-order valence-corrected chi connectivity index (χ0v) is 15.2. The third-order valence-electron chi connectivity index (χ3n) is 5.23. The van der Waals surface area contributed by atoms with Gasteiger partial charge in [-0.1, -0.05) is 31.4 Å². The molecule has 26 heavy (non-hydrogen) atoms. The summed E-state index contributed by atoms with van der Waals surface area (Å²) in [6.07, 6.45) is 4.20. The summed E-state index contributed by atoms with van der Waals surface area (Å²) in [7, 11) is 1.58. The predicted molar refractivity (Wildman–Crippen MR) is 95.6 cm³/mol. The smallest absolute Gasteiger partial charge is 0.325 e. The van der Waals surface area contributed by atoms with E-state index in [0.717, 1.165) is 29.7 Å². The highest BCUT2D eigenvalue weighted by Gasteiger charge is 2.51. The van der Waals surface area contributed by atoms with Crippen molar-refractivity contribution >= 4 is 17.8 Å². The molecule has 7 heteroatoms. The predicted octanol–water partition coefficient (Wildman–Crippen LogP) is 2.13. The molecule has 3 rings (SSSR count). The Labute approximate surface area is 153 Å². The van der Waals surface area contributed by atoms with Crippen molar-refractivity contribution in [3.8, 4) is 5.75 Å². The lowest BCUT2D eigenvalue weighted by atomic mass is 9.82. The number of carbonyl (C=O) groups excluding carboxylic acids is 3. The Kier molecular flexibility index (Phi) is 5.15. The summed E-state index contributed by atoms with van der Waals surface area (Å²) < 4.78 is 5.19.